The maximum Gasteiger partial charge on any atom is 0.259 e. The van der Waals surface area contributed by atoms with E-state index in [-0.39, 0.29) is 11.6 Å². The summed E-state index contributed by atoms with van der Waals surface area (Å²) in [5.41, 5.74) is -1.83. The average Bonchev–Trinajstić information content (AvgIpc) is 3.03. The number of aliphatic hydroxyl groups excluding tert-OH is 1. The molecule has 3 atom stereocenters. The molecular weight excluding hydrogens is 303 g/mol. The van der Waals surface area contributed by atoms with Crippen molar-refractivity contribution in [3.05, 3.63) is 24.5 Å². The number of nitrogens with zero attached hydrogens (tertiary/aromatic N) is 4. The summed E-state index contributed by atoms with van der Waals surface area (Å²) in [6.45, 7) is 7.36. The number of ether oxygens (including phenoxy) is 2. The van der Waals surface area contributed by atoms with E-state index >= 15 is 0 Å². The van der Waals surface area contributed by atoms with Gasteiger partial charge in [-0.2, -0.15) is 4.98 Å². The summed E-state index contributed by atoms with van der Waals surface area (Å²) in [4.78, 5) is 12.6. The third-order valence-corrected chi connectivity index (χ3v) is 3.58. The lowest BCUT2D eigenvalue weighted by atomic mass is 9.99. The summed E-state index contributed by atoms with van der Waals surface area (Å²) in [6.07, 6.45) is 3.63. The molecule has 0 bridgehead atoms. The van der Waals surface area contributed by atoms with Gasteiger partial charge in [-0.3, -0.25) is 4.57 Å². The second-order valence-electron chi connectivity index (χ2n) is 5.08. The van der Waals surface area contributed by atoms with Gasteiger partial charge in [0.25, 0.3) is 5.67 Å². The van der Waals surface area contributed by atoms with E-state index in [1.807, 2.05) is 12.8 Å². The molecule has 0 radical (unpaired) electrons. The molecule has 120 valence electrons. The Kier molecular flexibility index (Phi) is 3.45. The predicted octanol–water partition coefficient (Wildman–Crippen LogP) is 1.28. The van der Waals surface area contributed by atoms with Gasteiger partial charge >= 0.3 is 0 Å². The average molecular weight is 318 g/mol. The molecule has 0 aromatic carbocycles. The second kappa shape index (κ2) is 5.21. The molecule has 0 aliphatic carbocycles. The van der Waals surface area contributed by atoms with Crippen LogP contribution in [0.3, 0.4) is 0 Å². The summed E-state index contributed by atoms with van der Waals surface area (Å²) < 4.78 is 27.1. The smallest absolute Gasteiger partial charge is 0.259 e. The first-order valence-corrected chi connectivity index (χ1v) is 6.96. The fourth-order valence-electron chi connectivity index (χ4n) is 2.48. The standard InChI is InChI=1S/C15H15FN4O3/c1-5-15(16)11(21)8(3)23-14(15)20-7-17-10-12(20)18-9(4)19-13(10)22-6-2/h1,7,11,14,21H,3,6H2,2,4H3/t11-,14-,15-/m1/s1. The van der Waals surface area contributed by atoms with E-state index in [1.54, 1.807) is 6.92 Å². The molecule has 0 saturated carbocycles. The molecule has 3 heterocycles. The zero-order chi connectivity index (χ0) is 16.8. The molecule has 1 N–H and O–H groups in total. The molecule has 3 rings (SSSR count). The number of rotatable bonds is 3. The van der Waals surface area contributed by atoms with E-state index < -0.39 is 18.0 Å². The SMILES string of the molecule is C#C[C@@]1(F)[C@H](O)C(=C)O[C@H]1n1cnc2c(OCC)nc(C)nc21. The van der Waals surface area contributed by atoms with Crippen LogP contribution in [0, 0.1) is 19.3 Å². The van der Waals surface area contributed by atoms with Crippen LogP contribution < -0.4 is 4.74 Å². The van der Waals surface area contributed by atoms with Crippen molar-refractivity contribution < 1.29 is 19.0 Å². The molecule has 7 nitrogen and oxygen atoms in total. The van der Waals surface area contributed by atoms with E-state index in [1.165, 1.54) is 10.9 Å². The maximum absolute atomic E-state index is 15.0. The van der Waals surface area contributed by atoms with Crippen molar-refractivity contribution in [3.8, 4) is 18.2 Å². The van der Waals surface area contributed by atoms with E-state index in [4.69, 9.17) is 15.9 Å². The highest BCUT2D eigenvalue weighted by Gasteiger charge is 2.56. The third kappa shape index (κ3) is 2.12. The minimum absolute atomic E-state index is 0.145. The minimum atomic E-state index is -2.48. The van der Waals surface area contributed by atoms with Crippen molar-refractivity contribution in [3.63, 3.8) is 0 Å². The lowest BCUT2D eigenvalue weighted by molar-refractivity contribution is -0.00358. The number of halogens is 1. The van der Waals surface area contributed by atoms with Crippen molar-refractivity contribution in [1.82, 2.24) is 19.5 Å². The van der Waals surface area contributed by atoms with Crippen LogP contribution in [0.15, 0.2) is 18.7 Å². The lowest BCUT2D eigenvalue weighted by Crippen LogP contribution is -2.38. The lowest BCUT2D eigenvalue weighted by Gasteiger charge is -2.22. The molecule has 2 aromatic heterocycles. The fraction of sp³-hybridized carbons (Fsp3) is 0.400. The quantitative estimate of drug-likeness (QED) is 0.859. The Labute approximate surface area is 131 Å². The Hall–Kier alpha value is -2.66. The topological polar surface area (TPSA) is 82.3 Å². The zero-order valence-electron chi connectivity index (χ0n) is 12.7. The molecule has 1 saturated heterocycles. The number of alkyl halides is 1. The number of fused-ring (bicyclic) bond motifs is 1. The number of hydrogen-bond acceptors (Lipinski definition) is 6. The van der Waals surface area contributed by atoms with Gasteiger partial charge in [0.15, 0.2) is 17.3 Å². The predicted molar refractivity (Wildman–Crippen MR) is 79.2 cm³/mol. The van der Waals surface area contributed by atoms with Crippen LogP contribution in [0.4, 0.5) is 4.39 Å². The van der Waals surface area contributed by atoms with Crippen molar-refractivity contribution >= 4 is 11.2 Å². The number of aliphatic hydroxyl groups is 1. The van der Waals surface area contributed by atoms with E-state index in [0.717, 1.165) is 0 Å². The van der Waals surface area contributed by atoms with E-state index in [0.29, 0.717) is 23.6 Å². The van der Waals surface area contributed by atoms with Gasteiger partial charge in [0.1, 0.15) is 17.9 Å². The molecule has 8 heteroatoms. The highest BCUT2D eigenvalue weighted by molar-refractivity contribution is 5.76. The number of terminal acetylenes is 1. The van der Waals surface area contributed by atoms with Crippen molar-refractivity contribution in [2.45, 2.75) is 31.8 Å². The van der Waals surface area contributed by atoms with Gasteiger partial charge in [-0.25, -0.2) is 14.4 Å². The van der Waals surface area contributed by atoms with Crippen LogP contribution in [0.25, 0.3) is 11.2 Å². The van der Waals surface area contributed by atoms with Crippen LogP contribution in [-0.4, -0.2) is 43.0 Å². The maximum atomic E-state index is 15.0. The summed E-state index contributed by atoms with van der Waals surface area (Å²) in [5, 5.41) is 9.92. The number of aromatic nitrogens is 4. The molecular formula is C15H15FN4O3. The first kappa shape index (κ1) is 15.2. The second-order valence-corrected chi connectivity index (χ2v) is 5.08. The van der Waals surface area contributed by atoms with Crippen LogP contribution in [-0.2, 0) is 4.74 Å². The van der Waals surface area contributed by atoms with Crippen molar-refractivity contribution in [2.75, 3.05) is 6.61 Å². The third-order valence-electron chi connectivity index (χ3n) is 3.58. The van der Waals surface area contributed by atoms with Crippen molar-refractivity contribution in [1.29, 1.82) is 0 Å². The Morgan fingerprint density at radius 1 is 1.61 bits per heavy atom. The van der Waals surface area contributed by atoms with Gasteiger partial charge in [0.05, 0.1) is 6.61 Å². The normalized spacial score (nSPS) is 27.0. The summed E-state index contributed by atoms with van der Waals surface area (Å²) >= 11 is 0. The Morgan fingerprint density at radius 3 is 3.00 bits per heavy atom. The summed E-state index contributed by atoms with van der Waals surface area (Å²) in [5.74, 6) is 2.52. The first-order valence-electron chi connectivity index (χ1n) is 6.96. The number of aryl methyl sites for hydroxylation is 1. The molecule has 0 unspecified atom stereocenters. The molecule has 0 amide bonds. The molecule has 2 aromatic rings. The van der Waals surface area contributed by atoms with E-state index in [2.05, 4.69) is 21.5 Å². The molecule has 0 spiro atoms. The fourth-order valence-corrected chi connectivity index (χ4v) is 2.48. The highest BCUT2D eigenvalue weighted by atomic mass is 19.1. The monoisotopic (exact) mass is 318 g/mol. The summed E-state index contributed by atoms with van der Waals surface area (Å²) in [7, 11) is 0. The van der Waals surface area contributed by atoms with Gasteiger partial charge in [-0.05, 0) is 13.8 Å². The zero-order valence-corrected chi connectivity index (χ0v) is 12.7. The number of hydrogen-bond donors (Lipinski definition) is 1. The van der Waals surface area contributed by atoms with Gasteiger partial charge in [0.2, 0.25) is 12.1 Å². The molecule has 1 aliphatic heterocycles. The van der Waals surface area contributed by atoms with Gasteiger partial charge in [-0.1, -0.05) is 12.5 Å². The van der Waals surface area contributed by atoms with Gasteiger partial charge in [0, 0.05) is 0 Å². The van der Waals surface area contributed by atoms with Crippen LogP contribution >= 0.6 is 0 Å². The first-order chi connectivity index (χ1) is 10.9. The summed E-state index contributed by atoms with van der Waals surface area (Å²) in [6, 6.07) is 0. The largest absolute Gasteiger partial charge is 0.476 e. The molecule has 23 heavy (non-hydrogen) atoms. The molecule has 1 aliphatic rings. The minimum Gasteiger partial charge on any atom is -0.476 e. The van der Waals surface area contributed by atoms with Gasteiger partial charge < -0.3 is 14.6 Å². The van der Waals surface area contributed by atoms with Crippen molar-refractivity contribution in [2.24, 2.45) is 0 Å². The Bertz CT molecular complexity index is 828. The number of imidazole rings is 1. The van der Waals surface area contributed by atoms with E-state index in [9.17, 15) is 9.50 Å². The van der Waals surface area contributed by atoms with Crippen LogP contribution in [0.2, 0.25) is 0 Å². The highest BCUT2D eigenvalue weighted by Crippen LogP contribution is 2.43. The Morgan fingerprint density at radius 2 is 2.35 bits per heavy atom. The van der Waals surface area contributed by atoms with Crippen LogP contribution in [0.5, 0.6) is 5.88 Å². The van der Waals surface area contributed by atoms with Crippen LogP contribution in [0.1, 0.15) is 19.0 Å². The van der Waals surface area contributed by atoms with Gasteiger partial charge in [-0.15, -0.1) is 6.42 Å². The molecule has 1 fully saturated rings. The Balaban J connectivity index is 2.18.